The van der Waals surface area contributed by atoms with Crippen molar-refractivity contribution in [3.63, 3.8) is 0 Å². The monoisotopic (exact) mass is 411 g/mol. The Kier molecular flexibility index (Phi) is 4.43. The van der Waals surface area contributed by atoms with Gasteiger partial charge in [0.05, 0.1) is 10.0 Å². The topological polar surface area (TPSA) is 59.3 Å². The van der Waals surface area contributed by atoms with Gasteiger partial charge in [0.1, 0.15) is 11.1 Å². The van der Waals surface area contributed by atoms with E-state index in [1.54, 1.807) is 30.3 Å². The Bertz CT molecular complexity index is 985. The maximum Gasteiger partial charge on any atom is 0.349 e. The second-order valence-electron chi connectivity index (χ2n) is 4.71. The van der Waals surface area contributed by atoms with E-state index in [4.69, 9.17) is 27.6 Å². The van der Waals surface area contributed by atoms with Crippen molar-refractivity contribution in [3.8, 4) is 0 Å². The summed E-state index contributed by atoms with van der Waals surface area (Å²) >= 11 is 15.1. The second kappa shape index (κ2) is 6.35. The lowest BCUT2D eigenvalue weighted by molar-refractivity contribution is 0.102. The van der Waals surface area contributed by atoms with Gasteiger partial charge < -0.3 is 9.73 Å². The van der Waals surface area contributed by atoms with Crippen LogP contribution in [0.1, 0.15) is 10.4 Å². The van der Waals surface area contributed by atoms with Crippen molar-refractivity contribution in [3.05, 3.63) is 73.0 Å². The van der Waals surface area contributed by atoms with Gasteiger partial charge in [-0.2, -0.15) is 0 Å². The van der Waals surface area contributed by atoms with Gasteiger partial charge in [-0.3, -0.25) is 4.79 Å². The third-order valence-electron chi connectivity index (χ3n) is 3.12. The standard InChI is InChI=1S/C16H8BrCl2NO3/c17-9-1-4-14-8(5-9)6-11(16(22)23-14)15(21)20-10-2-3-12(18)13(19)7-10/h1-7H,(H,20,21). The Morgan fingerprint density at radius 2 is 1.83 bits per heavy atom. The van der Waals surface area contributed by atoms with Crippen LogP contribution in [-0.2, 0) is 0 Å². The van der Waals surface area contributed by atoms with Crippen molar-refractivity contribution in [2.75, 3.05) is 5.32 Å². The van der Waals surface area contributed by atoms with Crippen molar-refractivity contribution in [1.29, 1.82) is 0 Å². The van der Waals surface area contributed by atoms with Gasteiger partial charge in [0.15, 0.2) is 0 Å². The fourth-order valence-electron chi connectivity index (χ4n) is 2.02. The normalized spacial score (nSPS) is 10.7. The molecule has 2 aromatic carbocycles. The zero-order valence-electron chi connectivity index (χ0n) is 11.4. The molecule has 23 heavy (non-hydrogen) atoms. The van der Waals surface area contributed by atoms with Gasteiger partial charge in [-0.25, -0.2) is 4.79 Å². The minimum atomic E-state index is -0.711. The van der Waals surface area contributed by atoms with Crippen LogP contribution >= 0.6 is 39.1 Å². The lowest BCUT2D eigenvalue weighted by atomic mass is 10.1. The highest BCUT2D eigenvalue weighted by molar-refractivity contribution is 9.10. The Morgan fingerprint density at radius 3 is 2.57 bits per heavy atom. The Morgan fingerprint density at radius 1 is 1.04 bits per heavy atom. The van der Waals surface area contributed by atoms with Crippen LogP contribution in [0.15, 0.2) is 56.1 Å². The smallest absolute Gasteiger partial charge is 0.349 e. The van der Waals surface area contributed by atoms with E-state index < -0.39 is 11.5 Å². The molecular weight excluding hydrogens is 405 g/mol. The molecule has 1 N–H and O–H groups in total. The summed E-state index contributed by atoms with van der Waals surface area (Å²) in [6.07, 6.45) is 0. The summed E-state index contributed by atoms with van der Waals surface area (Å²) in [5, 5.41) is 3.91. The van der Waals surface area contributed by atoms with Crippen molar-refractivity contribution < 1.29 is 9.21 Å². The molecule has 0 unspecified atom stereocenters. The third-order valence-corrected chi connectivity index (χ3v) is 4.35. The largest absolute Gasteiger partial charge is 0.422 e. The predicted molar refractivity (Wildman–Crippen MR) is 94.6 cm³/mol. The Hall–Kier alpha value is -1.82. The Labute approximate surface area is 149 Å². The quantitative estimate of drug-likeness (QED) is 0.594. The van der Waals surface area contributed by atoms with Gasteiger partial charge in [0.2, 0.25) is 0 Å². The molecular formula is C16H8BrCl2NO3. The van der Waals surface area contributed by atoms with Gasteiger partial charge >= 0.3 is 5.63 Å². The fraction of sp³-hybridized carbons (Fsp3) is 0. The predicted octanol–water partition coefficient (Wildman–Crippen LogP) is 5.11. The molecule has 1 amide bonds. The molecule has 0 radical (unpaired) electrons. The van der Waals surface area contributed by atoms with Crippen LogP contribution in [0.25, 0.3) is 11.0 Å². The molecule has 116 valence electrons. The number of hydrogen-bond donors (Lipinski definition) is 1. The summed E-state index contributed by atoms with van der Waals surface area (Å²) in [4.78, 5) is 24.3. The van der Waals surface area contributed by atoms with E-state index in [9.17, 15) is 9.59 Å². The number of anilines is 1. The van der Waals surface area contributed by atoms with Gasteiger partial charge in [-0.05, 0) is 42.5 Å². The van der Waals surface area contributed by atoms with Crippen molar-refractivity contribution >= 4 is 61.7 Å². The van der Waals surface area contributed by atoms with Crippen molar-refractivity contribution in [1.82, 2.24) is 0 Å². The van der Waals surface area contributed by atoms with E-state index in [0.717, 1.165) is 4.47 Å². The summed E-state index contributed by atoms with van der Waals surface area (Å²) in [6, 6.07) is 11.3. The van der Waals surface area contributed by atoms with Crippen LogP contribution in [0.3, 0.4) is 0 Å². The Balaban J connectivity index is 1.98. The number of hydrogen-bond acceptors (Lipinski definition) is 3. The van der Waals surface area contributed by atoms with Crippen LogP contribution in [0.4, 0.5) is 5.69 Å². The zero-order chi connectivity index (χ0) is 16.6. The summed E-state index contributed by atoms with van der Waals surface area (Å²) in [5.41, 5.74) is 0.0291. The molecule has 0 aliphatic carbocycles. The maximum atomic E-state index is 12.3. The highest BCUT2D eigenvalue weighted by Crippen LogP contribution is 2.25. The number of carbonyl (C=O) groups excluding carboxylic acids is 1. The summed E-state index contributed by atoms with van der Waals surface area (Å²) in [6.45, 7) is 0. The first-order chi connectivity index (χ1) is 10.9. The molecule has 4 nitrogen and oxygen atoms in total. The van der Waals surface area contributed by atoms with Crippen LogP contribution in [0.5, 0.6) is 0 Å². The van der Waals surface area contributed by atoms with Crippen LogP contribution < -0.4 is 10.9 Å². The molecule has 1 aromatic heterocycles. The van der Waals surface area contributed by atoms with Gasteiger partial charge in [0, 0.05) is 15.5 Å². The van der Waals surface area contributed by atoms with Gasteiger partial charge in [-0.15, -0.1) is 0 Å². The summed E-state index contributed by atoms with van der Waals surface area (Å²) in [5.74, 6) is -0.584. The van der Waals surface area contributed by atoms with Gasteiger partial charge in [0.25, 0.3) is 5.91 Å². The molecule has 3 aromatic rings. The second-order valence-corrected chi connectivity index (χ2v) is 6.44. The molecule has 0 saturated carbocycles. The lowest BCUT2D eigenvalue weighted by Gasteiger charge is -2.06. The minimum absolute atomic E-state index is 0.0957. The van der Waals surface area contributed by atoms with Crippen LogP contribution in [-0.4, -0.2) is 5.91 Å². The summed E-state index contributed by atoms with van der Waals surface area (Å²) < 4.78 is 5.98. The molecule has 0 saturated heterocycles. The van der Waals surface area contributed by atoms with E-state index in [0.29, 0.717) is 26.7 Å². The number of amides is 1. The highest BCUT2D eigenvalue weighted by atomic mass is 79.9. The van der Waals surface area contributed by atoms with Crippen LogP contribution in [0.2, 0.25) is 10.0 Å². The number of halogens is 3. The highest BCUT2D eigenvalue weighted by Gasteiger charge is 2.14. The van der Waals surface area contributed by atoms with E-state index in [2.05, 4.69) is 21.2 Å². The summed E-state index contributed by atoms with van der Waals surface area (Å²) in [7, 11) is 0. The fourth-order valence-corrected chi connectivity index (χ4v) is 2.70. The molecule has 0 fully saturated rings. The first-order valence-corrected chi connectivity index (χ1v) is 7.99. The molecule has 3 rings (SSSR count). The molecule has 0 aliphatic heterocycles. The van der Waals surface area contributed by atoms with Crippen molar-refractivity contribution in [2.45, 2.75) is 0 Å². The van der Waals surface area contributed by atoms with E-state index in [-0.39, 0.29) is 5.56 Å². The number of fused-ring (bicyclic) bond motifs is 1. The first kappa shape index (κ1) is 16.1. The van der Waals surface area contributed by atoms with E-state index in [1.165, 1.54) is 12.1 Å². The zero-order valence-corrected chi connectivity index (χ0v) is 14.5. The molecule has 0 atom stereocenters. The number of carbonyl (C=O) groups is 1. The molecule has 7 heteroatoms. The third kappa shape index (κ3) is 3.42. The van der Waals surface area contributed by atoms with Crippen LogP contribution in [0, 0.1) is 0 Å². The van der Waals surface area contributed by atoms with E-state index in [1.807, 2.05) is 0 Å². The maximum absolute atomic E-state index is 12.3. The first-order valence-electron chi connectivity index (χ1n) is 6.44. The SMILES string of the molecule is O=C(Nc1ccc(Cl)c(Cl)c1)c1cc2cc(Br)ccc2oc1=O. The number of nitrogens with one attached hydrogen (secondary N) is 1. The lowest BCUT2D eigenvalue weighted by Crippen LogP contribution is -2.20. The van der Waals surface area contributed by atoms with Crippen molar-refractivity contribution in [2.24, 2.45) is 0 Å². The molecule has 0 bridgehead atoms. The van der Waals surface area contributed by atoms with E-state index >= 15 is 0 Å². The number of benzene rings is 2. The minimum Gasteiger partial charge on any atom is -0.422 e. The number of rotatable bonds is 2. The molecule has 0 aliphatic rings. The molecule has 0 spiro atoms. The average molecular weight is 413 g/mol. The average Bonchev–Trinajstić information content (AvgIpc) is 2.50. The molecule has 1 heterocycles. The van der Waals surface area contributed by atoms with Gasteiger partial charge in [-0.1, -0.05) is 39.1 Å².